The summed E-state index contributed by atoms with van der Waals surface area (Å²) in [6.45, 7) is 2.57. The number of aromatic nitrogens is 2. The lowest BCUT2D eigenvalue weighted by Gasteiger charge is -2.06. The number of hydrogen-bond acceptors (Lipinski definition) is 3. The van der Waals surface area contributed by atoms with Crippen molar-refractivity contribution in [2.75, 3.05) is 6.61 Å². The summed E-state index contributed by atoms with van der Waals surface area (Å²) in [6, 6.07) is 9.24. The molecule has 0 aliphatic heterocycles. The Hall–Kier alpha value is -2.10. The first kappa shape index (κ1) is 12.0. The van der Waals surface area contributed by atoms with Gasteiger partial charge in [0.2, 0.25) is 0 Å². The minimum Gasteiger partial charge on any atom is -0.494 e. The average molecular weight is 256 g/mol. The van der Waals surface area contributed by atoms with Gasteiger partial charge < -0.3 is 9.72 Å². The number of nitrogens with zero attached hydrogens (tertiary/aromatic N) is 1. The average Bonchev–Trinajstić information content (AvgIpc) is 3.23. The predicted octanol–water partition coefficient (Wildman–Crippen LogP) is 2.71. The summed E-state index contributed by atoms with van der Waals surface area (Å²) in [4.78, 5) is 19.1. The van der Waals surface area contributed by atoms with Crippen LogP contribution < -0.4 is 10.3 Å². The molecule has 4 nitrogen and oxygen atoms in total. The van der Waals surface area contributed by atoms with Crippen LogP contribution in [0.4, 0.5) is 0 Å². The third-order valence-electron chi connectivity index (χ3n) is 3.18. The molecule has 19 heavy (non-hydrogen) atoms. The van der Waals surface area contributed by atoms with Gasteiger partial charge in [-0.25, -0.2) is 4.98 Å². The summed E-state index contributed by atoms with van der Waals surface area (Å²) in [7, 11) is 0. The smallest absolute Gasteiger partial charge is 0.251 e. The fraction of sp³-hybridized carbons (Fsp3) is 0.333. The van der Waals surface area contributed by atoms with E-state index in [1.807, 2.05) is 31.2 Å². The Kier molecular flexibility index (Phi) is 3.07. The molecule has 0 radical (unpaired) electrons. The Balaban J connectivity index is 2.00. The highest BCUT2D eigenvalue weighted by Crippen LogP contribution is 2.38. The molecule has 1 aliphatic rings. The van der Waals surface area contributed by atoms with Crippen molar-refractivity contribution in [3.63, 3.8) is 0 Å². The number of H-pyrrole nitrogens is 1. The van der Waals surface area contributed by atoms with Crippen LogP contribution in [0.5, 0.6) is 5.75 Å². The van der Waals surface area contributed by atoms with E-state index in [2.05, 4.69) is 9.97 Å². The molecule has 1 aliphatic carbocycles. The summed E-state index contributed by atoms with van der Waals surface area (Å²) in [6.07, 6.45) is 2.27. The number of rotatable bonds is 4. The second-order valence-electron chi connectivity index (χ2n) is 4.75. The van der Waals surface area contributed by atoms with Gasteiger partial charge in [0.05, 0.1) is 12.3 Å². The molecule has 2 aromatic rings. The van der Waals surface area contributed by atoms with Crippen LogP contribution in [-0.2, 0) is 0 Å². The normalized spacial score (nSPS) is 14.4. The first-order valence-corrected chi connectivity index (χ1v) is 6.61. The molecule has 98 valence electrons. The summed E-state index contributed by atoms with van der Waals surface area (Å²) >= 11 is 0. The molecule has 1 saturated carbocycles. The van der Waals surface area contributed by atoms with Gasteiger partial charge in [-0.15, -0.1) is 0 Å². The zero-order valence-electron chi connectivity index (χ0n) is 10.8. The van der Waals surface area contributed by atoms with Gasteiger partial charge in [-0.2, -0.15) is 0 Å². The molecule has 4 heteroatoms. The zero-order valence-corrected chi connectivity index (χ0v) is 10.8. The van der Waals surface area contributed by atoms with Gasteiger partial charge in [0, 0.05) is 17.5 Å². The number of benzene rings is 1. The molecular weight excluding hydrogens is 240 g/mol. The monoisotopic (exact) mass is 256 g/mol. The molecule has 0 unspecified atom stereocenters. The Morgan fingerprint density at radius 2 is 2.21 bits per heavy atom. The number of nitrogens with one attached hydrogen (secondary N) is 1. The van der Waals surface area contributed by atoms with Gasteiger partial charge in [-0.1, -0.05) is 12.1 Å². The highest BCUT2D eigenvalue weighted by Gasteiger charge is 2.25. The van der Waals surface area contributed by atoms with Gasteiger partial charge in [-0.3, -0.25) is 4.79 Å². The molecule has 3 rings (SSSR count). The largest absolute Gasteiger partial charge is 0.494 e. The summed E-state index contributed by atoms with van der Waals surface area (Å²) in [5.41, 5.74) is 1.69. The van der Waals surface area contributed by atoms with Crippen LogP contribution in [0.1, 0.15) is 31.4 Å². The summed E-state index contributed by atoms with van der Waals surface area (Å²) in [5, 5.41) is 0. The molecule has 1 aromatic carbocycles. The molecule has 1 fully saturated rings. The van der Waals surface area contributed by atoms with Crippen LogP contribution in [-0.4, -0.2) is 16.6 Å². The summed E-state index contributed by atoms with van der Waals surface area (Å²) < 4.78 is 5.47. The van der Waals surface area contributed by atoms with E-state index in [1.54, 1.807) is 6.07 Å². The molecule has 1 heterocycles. The first-order valence-electron chi connectivity index (χ1n) is 6.61. The second kappa shape index (κ2) is 4.88. The van der Waals surface area contributed by atoms with E-state index in [9.17, 15) is 4.79 Å². The lowest BCUT2D eigenvalue weighted by molar-refractivity contribution is 0.340. The van der Waals surface area contributed by atoms with E-state index in [1.165, 1.54) is 0 Å². The van der Waals surface area contributed by atoms with Crippen molar-refractivity contribution in [3.8, 4) is 17.1 Å². The van der Waals surface area contributed by atoms with E-state index in [4.69, 9.17) is 4.74 Å². The maximum absolute atomic E-state index is 11.7. The van der Waals surface area contributed by atoms with Crippen LogP contribution in [0.2, 0.25) is 0 Å². The van der Waals surface area contributed by atoms with Gasteiger partial charge in [0.1, 0.15) is 11.6 Å². The minimum absolute atomic E-state index is 0.0892. The van der Waals surface area contributed by atoms with Gasteiger partial charge in [-0.05, 0) is 31.9 Å². The van der Waals surface area contributed by atoms with Crippen molar-refractivity contribution < 1.29 is 4.74 Å². The van der Waals surface area contributed by atoms with E-state index < -0.39 is 0 Å². The van der Waals surface area contributed by atoms with Crippen LogP contribution in [0.15, 0.2) is 35.1 Å². The van der Waals surface area contributed by atoms with Crippen molar-refractivity contribution in [3.05, 3.63) is 46.4 Å². The number of aromatic amines is 1. The first-order chi connectivity index (χ1) is 9.26. The van der Waals surface area contributed by atoms with Crippen molar-refractivity contribution in [2.24, 2.45) is 0 Å². The highest BCUT2D eigenvalue weighted by molar-refractivity contribution is 5.57. The second-order valence-corrected chi connectivity index (χ2v) is 4.75. The standard InChI is InChI=1S/C15H16N2O2/c1-2-19-12-5-3-4-11(8-12)15-16-13(10-6-7-10)9-14(18)17-15/h3-5,8-10H,2,6-7H2,1H3,(H,16,17,18). The maximum atomic E-state index is 11.7. The Bertz CT molecular complexity index is 645. The molecule has 0 saturated heterocycles. The van der Waals surface area contributed by atoms with Crippen molar-refractivity contribution in [2.45, 2.75) is 25.7 Å². The SMILES string of the molecule is CCOc1cccc(-c2nc(C3CC3)cc(=O)[nH]2)c1. The third kappa shape index (κ3) is 2.67. The summed E-state index contributed by atoms with van der Waals surface area (Å²) in [5.74, 6) is 1.88. The highest BCUT2D eigenvalue weighted by atomic mass is 16.5. The molecule has 1 N–H and O–H groups in total. The molecule has 0 amide bonds. The van der Waals surface area contributed by atoms with Crippen LogP contribution in [0.25, 0.3) is 11.4 Å². The quantitative estimate of drug-likeness (QED) is 0.915. The molecule has 0 spiro atoms. The van der Waals surface area contributed by atoms with Crippen molar-refractivity contribution >= 4 is 0 Å². The van der Waals surface area contributed by atoms with Gasteiger partial charge >= 0.3 is 0 Å². The van der Waals surface area contributed by atoms with E-state index in [0.29, 0.717) is 18.3 Å². The zero-order chi connectivity index (χ0) is 13.2. The lowest BCUT2D eigenvalue weighted by atomic mass is 10.2. The molecule has 0 atom stereocenters. The molecule has 0 bridgehead atoms. The van der Waals surface area contributed by atoms with Gasteiger partial charge in [0.25, 0.3) is 5.56 Å². The Morgan fingerprint density at radius 1 is 1.37 bits per heavy atom. The predicted molar refractivity (Wildman–Crippen MR) is 73.4 cm³/mol. The molecule has 1 aromatic heterocycles. The van der Waals surface area contributed by atoms with Gasteiger partial charge in [0.15, 0.2) is 0 Å². The number of ether oxygens (including phenoxy) is 1. The minimum atomic E-state index is -0.0892. The van der Waals surface area contributed by atoms with E-state index in [0.717, 1.165) is 29.8 Å². The number of hydrogen-bond donors (Lipinski definition) is 1. The van der Waals surface area contributed by atoms with E-state index in [-0.39, 0.29) is 5.56 Å². The Morgan fingerprint density at radius 3 is 2.95 bits per heavy atom. The third-order valence-corrected chi connectivity index (χ3v) is 3.18. The van der Waals surface area contributed by atoms with Crippen LogP contribution in [0.3, 0.4) is 0 Å². The van der Waals surface area contributed by atoms with Crippen LogP contribution >= 0.6 is 0 Å². The fourth-order valence-corrected chi connectivity index (χ4v) is 2.10. The van der Waals surface area contributed by atoms with Crippen molar-refractivity contribution in [1.29, 1.82) is 0 Å². The molecular formula is C15H16N2O2. The topological polar surface area (TPSA) is 55.0 Å². The Labute approximate surface area is 111 Å². The van der Waals surface area contributed by atoms with E-state index >= 15 is 0 Å². The fourth-order valence-electron chi connectivity index (χ4n) is 2.10. The van der Waals surface area contributed by atoms with Crippen LogP contribution in [0, 0.1) is 0 Å². The lowest BCUT2D eigenvalue weighted by Crippen LogP contribution is -2.09. The van der Waals surface area contributed by atoms with Crippen molar-refractivity contribution in [1.82, 2.24) is 9.97 Å². The maximum Gasteiger partial charge on any atom is 0.251 e.